The summed E-state index contributed by atoms with van der Waals surface area (Å²) in [5.74, 6) is -0.184. The number of nitrogens with two attached hydrogens (primary N) is 1. The van der Waals surface area contributed by atoms with Gasteiger partial charge in [0, 0.05) is 12.1 Å². The molecule has 1 heterocycles. The summed E-state index contributed by atoms with van der Waals surface area (Å²) >= 11 is 11.8. The number of fused-ring (bicyclic) bond motifs is 1. The molecule has 3 N–H and O–H groups in total. The van der Waals surface area contributed by atoms with E-state index in [1.54, 1.807) is 12.1 Å². The molecule has 1 atom stereocenters. The van der Waals surface area contributed by atoms with Gasteiger partial charge in [0.05, 0.1) is 16.1 Å². The minimum absolute atomic E-state index is 0.184. The third kappa shape index (κ3) is 1.47. The van der Waals surface area contributed by atoms with Crippen molar-refractivity contribution >= 4 is 34.8 Å². The average molecular weight is 231 g/mol. The maximum atomic E-state index is 11.2. The molecular weight excluding hydrogens is 223 g/mol. The summed E-state index contributed by atoms with van der Waals surface area (Å²) in [6.45, 7) is 0. The van der Waals surface area contributed by atoms with E-state index in [9.17, 15) is 4.79 Å². The molecule has 2 rings (SSSR count). The molecule has 5 heteroatoms. The predicted octanol–water partition coefficient (Wildman–Crippen LogP) is 1.82. The van der Waals surface area contributed by atoms with Crippen molar-refractivity contribution in [3.63, 3.8) is 0 Å². The van der Waals surface area contributed by atoms with Gasteiger partial charge < -0.3 is 11.1 Å². The number of hydrogen-bond donors (Lipinski definition) is 2. The Bertz CT molecular complexity index is 406. The Kier molecular flexibility index (Phi) is 2.39. The molecule has 1 aliphatic rings. The van der Waals surface area contributed by atoms with Crippen LogP contribution >= 0.6 is 23.2 Å². The van der Waals surface area contributed by atoms with E-state index in [1.807, 2.05) is 0 Å². The highest BCUT2D eigenvalue weighted by molar-refractivity contribution is 6.42. The quantitative estimate of drug-likeness (QED) is 0.715. The Labute approximate surface area is 91.2 Å². The van der Waals surface area contributed by atoms with Crippen molar-refractivity contribution in [2.24, 2.45) is 5.73 Å². The van der Waals surface area contributed by atoms with E-state index in [2.05, 4.69) is 5.32 Å². The molecule has 1 amide bonds. The molecular formula is C9H8Cl2N2O. The van der Waals surface area contributed by atoms with Crippen LogP contribution in [-0.4, -0.2) is 11.9 Å². The lowest BCUT2D eigenvalue weighted by molar-refractivity contribution is -0.117. The number of carbonyl (C=O) groups is 1. The summed E-state index contributed by atoms with van der Waals surface area (Å²) in [5.41, 5.74) is 7.11. The topological polar surface area (TPSA) is 55.1 Å². The van der Waals surface area contributed by atoms with Crippen molar-refractivity contribution in [3.05, 3.63) is 27.7 Å². The fourth-order valence-electron chi connectivity index (χ4n) is 1.45. The molecule has 0 fully saturated rings. The van der Waals surface area contributed by atoms with Gasteiger partial charge in [-0.3, -0.25) is 4.79 Å². The van der Waals surface area contributed by atoms with Crippen LogP contribution in [0.15, 0.2) is 12.1 Å². The van der Waals surface area contributed by atoms with Gasteiger partial charge in [0.1, 0.15) is 0 Å². The number of nitrogens with one attached hydrogen (secondary N) is 1. The summed E-state index contributed by atoms with van der Waals surface area (Å²) in [5, 5.41) is 3.62. The van der Waals surface area contributed by atoms with Gasteiger partial charge in [-0.25, -0.2) is 0 Å². The molecule has 1 aromatic carbocycles. The molecule has 0 radical (unpaired) electrons. The van der Waals surface area contributed by atoms with Gasteiger partial charge in [-0.15, -0.1) is 0 Å². The first-order valence-electron chi connectivity index (χ1n) is 4.13. The fourth-order valence-corrected chi connectivity index (χ4v) is 1.87. The van der Waals surface area contributed by atoms with Crippen LogP contribution < -0.4 is 11.1 Å². The zero-order chi connectivity index (χ0) is 10.3. The second-order valence-electron chi connectivity index (χ2n) is 3.19. The van der Waals surface area contributed by atoms with E-state index >= 15 is 0 Å². The number of anilines is 1. The normalized spacial score (nSPS) is 20.2. The SMILES string of the molecule is NC1Cc2c(ccc(Cl)c2Cl)NC1=O. The van der Waals surface area contributed by atoms with E-state index in [0.717, 1.165) is 5.56 Å². The maximum absolute atomic E-state index is 11.2. The minimum atomic E-state index is -0.543. The van der Waals surface area contributed by atoms with Gasteiger partial charge in [0.15, 0.2) is 0 Å². The summed E-state index contributed by atoms with van der Waals surface area (Å²) in [7, 11) is 0. The van der Waals surface area contributed by atoms with Crippen LogP contribution in [0.4, 0.5) is 5.69 Å². The highest BCUT2D eigenvalue weighted by Gasteiger charge is 2.25. The van der Waals surface area contributed by atoms with Crippen molar-refractivity contribution in [2.45, 2.75) is 12.5 Å². The van der Waals surface area contributed by atoms with Gasteiger partial charge >= 0.3 is 0 Å². The van der Waals surface area contributed by atoms with Gasteiger partial charge in [0.2, 0.25) is 5.91 Å². The molecule has 1 aromatic rings. The lowest BCUT2D eigenvalue weighted by atomic mass is 10.00. The maximum Gasteiger partial charge on any atom is 0.241 e. The van der Waals surface area contributed by atoms with E-state index in [4.69, 9.17) is 28.9 Å². The summed E-state index contributed by atoms with van der Waals surface area (Å²) < 4.78 is 0. The summed E-state index contributed by atoms with van der Waals surface area (Å²) in [6, 6.07) is 2.84. The van der Waals surface area contributed by atoms with Crippen molar-refractivity contribution < 1.29 is 4.79 Å². The van der Waals surface area contributed by atoms with Gasteiger partial charge in [-0.05, 0) is 17.7 Å². The van der Waals surface area contributed by atoms with Crippen LogP contribution in [0.2, 0.25) is 10.0 Å². The Morgan fingerprint density at radius 2 is 2.14 bits per heavy atom. The molecule has 74 valence electrons. The smallest absolute Gasteiger partial charge is 0.241 e. The average Bonchev–Trinajstić information content (AvgIpc) is 2.15. The first kappa shape index (κ1) is 9.77. The zero-order valence-electron chi connectivity index (χ0n) is 7.18. The first-order valence-corrected chi connectivity index (χ1v) is 4.88. The number of carbonyl (C=O) groups excluding carboxylic acids is 1. The van der Waals surface area contributed by atoms with Gasteiger partial charge in [0.25, 0.3) is 0 Å². The number of amides is 1. The van der Waals surface area contributed by atoms with Crippen LogP contribution in [0, 0.1) is 0 Å². The van der Waals surface area contributed by atoms with Crippen LogP contribution in [0.25, 0.3) is 0 Å². The second-order valence-corrected chi connectivity index (χ2v) is 3.97. The van der Waals surface area contributed by atoms with E-state index in [-0.39, 0.29) is 5.91 Å². The summed E-state index contributed by atoms with van der Waals surface area (Å²) in [4.78, 5) is 11.2. The highest BCUT2D eigenvalue weighted by Crippen LogP contribution is 2.34. The second kappa shape index (κ2) is 3.42. The molecule has 1 unspecified atom stereocenters. The number of hydrogen-bond acceptors (Lipinski definition) is 2. The predicted molar refractivity (Wildman–Crippen MR) is 56.8 cm³/mol. The molecule has 0 saturated carbocycles. The Morgan fingerprint density at radius 1 is 1.43 bits per heavy atom. The summed E-state index contributed by atoms with van der Waals surface area (Å²) in [6.07, 6.45) is 0.431. The Balaban J connectivity index is 2.52. The fraction of sp³-hybridized carbons (Fsp3) is 0.222. The molecule has 1 aliphatic heterocycles. The van der Waals surface area contributed by atoms with Crippen LogP contribution in [0.5, 0.6) is 0 Å². The largest absolute Gasteiger partial charge is 0.324 e. The third-order valence-corrected chi connectivity index (χ3v) is 3.06. The van der Waals surface area contributed by atoms with Gasteiger partial charge in [-0.1, -0.05) is 23.2 Å². The number of rotatable bonds is 0. The Morgan fingerprint density at radius 3 is 2.86 bits per heavy atom. The standard InChI is InChI=1S/C9H8Cl2N2O/c10-5-1-2-7-4(8(5)11)3-6(12)9(14)13-7/h1-2,6H,3,12H2,(H,13,14). The molecule has 14 heavy (non-hydrogen) atoms. The van der Waals surface area contributed by atoms with E-state index in [1.165, 1.54) is 0 Å². The highest BCUT2D eigenvalue weighted by atomic mass is 35.5. The van der Waals surface area contributed by atoms with Gasteiger partial charge in [-0.2, -0.15) is 0 Å². The molecule has 3 nitrogen and oxygen atoms in total. The minimum Gasteiger partial charge on any atom is -0.324 e. The van der Waals surface area contributed by atoms with E-state index < -0.39 is 6.04 Å². The number of halogens is 2. The molecule has 0 aliphatic carbocycles. The third-order valence-electron chi connectivity index (χ3n) is 2.21. The molecule has 0 aromatic heterocycles. The van der Waals surface area contributed by atoms with Crippen molar-refractivity contribution in [3.8, 4) is 0 Å². The van der Waals surface area contributed by atoms with Crippen molar-refractivity contribution in [1.29, 1.82) is 0 Å². The molecule has 0 bridgehead atoms. The molecule has 0 spiro atoms. The zero-order valence-corrected chi connectivity index (χ0v) is 8.69. The van der Waals surface area contributed by atoms with Crippen LogP contribution in [0.1, 0.15) is 5.56 Å². The Hall–Kier alpha value is -0.770. The lowest BCUT2D eigenvalue weighted by Crippen LogP contribution is -2.41. The lowest BCUT2D eigenvalue weighted by Gasteiger charge is -2.22. The molecule has 0 saturated heterocycles. The van der Waals surface area contributed by atoms with Crippen LogP contribution in [0.3, 0.4) is 0 Å². The van der Waals surface area contributed by atoms with Crippen molar-refractivity contribution in [2.75, 3.05) is 5.32 Å². The van der Waals surface area contributed by atoms with Crippen molar-refractivity contribution in [1.82, 2.24) is 0 Å². The first-order chi connectivity index (χ1) is 6.59. The monoisotopic (exact) mass is 230 g/mol. The number of benzene rings is 1. The van der Waals surface area contributed by atoms with Crippen LogP contribution in [-0.2, 0) is 11.2 Å². The van der Waals surface area contributed by atoms with E-state index in [0.29, 0.717) is 22.2 Å².